The monoisotopic (exact) mass is 244 g/mol. The van der Waals surface area contributed by atoms with Crippen LogP contribution in [0.3, 0.4) is 0 Å². The second-order valence-corrected chi connectivity index (χ2v) is 6.05. The Labute approximate surface area is 105 Å². The summed E-state index contributed by atoms with van der Waals surface area (Å²) in [6, 6.07) is 0. The Morgan fingerprint density at radius 1 is 1.35 bits per heavy atom. The van der Waals surface area contributed by atoms with E-state index < -0.39 is 0 Å². The van der Waals surface area contributed by atoms with E-state index >= 15 is 0 Å². The fourth-order valence-electron chi connectivity index (χ4n) is 2.17. The van der Waals surface area contributed by atoms with Crippen LogP contribution in [0.15, 0.2) is 0 Å². The van der Waals surface area contributed by atoms with Gasteiger partial charge in [-0.15, -0.1) is 0 Å². The third-order valence-corrected chi connectivity index (χ3v) is 2.91. The molecular weight excluding hydrogens is 216 g/mol. The summed E-state index contributed by atoms with van der Waals surface area (Å²) in [6.45, 7) is 13.5. The van der Waals surface area contributed by atoms with E-state index in [1.54, 1.807) is 0 Å². The van der Waals surface area contributed by atoms with E-state index in [1.807, 2.05) is 0 Å². The Morgan fingerprint density at radius 3 is 2.65 bits per heavy atom. The van der Waals surface area contributed by atoms with Gasteiger partial charge in [-0.2, -0.15) is 0 Å². The number of nitrogens with zero attached hydrogens (tertiary/aromatic N) is 1. The fraction of sp³-hybridized carbons (Fsp3) is 1.00. The van der Waals surface area contributed by atoms with Crippen molar-refractivity contribution in [2.75, 3.05) is 39.3 Å². The van der Waals surface area contributed by atoms with Crippen molar-refractivity contribution in [1.29, 1.82) is 0 Å². The highest BCUT2D eigenvalue weighted by Gasteiger charge is 2.27. The van der Waals surface area contributed by atoms with Gasteiger partial charge in [0.2, 0.25) is 0 Å². The largest absolute Gasteiger partial charge is 0.390 e. The summed E-state index contributed by atoms with van der Waals surface area (Å²) in [5.74, 6) is 0.629. The van der Waals surface area contributed by atoms with Gasteiger partial charge in [0.05, 0.1) is 18.3 Å². The lowest BCUT2D eigenvalue weighted by Gasteiger charge is -2.38. The molecule has 17 heavy (non-hydrogen) atoms. The molecule has 0 aromatic rings. The number of aliphatic hydroxyl groups excluding tert-OH is 1. The number of morpholine rings is 1. The zero-order chi connectivity index (χ0) is 12.9. The van der Waals surface area contributed by atoms with Crippen LogP contribution in [0, 0.1) is 5.92 Å². The van der Waals surface area contributed by atoms with Gasteiger partial charge in [0.25, 0.3) is 0 Å². The van der Waals surface area contributed by atoms with E-state index in [-0.39, 0.29) is 11.7 Å². The Morgan fingerprint density at radius 2 is 2.06 bits per heavy atom. The highest BCUT2D eigenvalue weighted by atomic mass is 16.5. The molecule has 0 radical (unpaired) electrons. The van der Waals surface area contributed by atoms with Crippen molar-refractivity contribution >= 4 is 0 Å². The third-order valence-electron chi connectivity index (χ3n) is 2.91. The number of nitrogens with one attached hydrogen (secondary N) is 1. The Balaban J connectivity index is 2.19. The van der Waals surface area contributed by atoms with Crippen LogP contribution >= 0.6 is 0 Å². The van der Waals surface area contributed by atoms with Crippen molar-refractivity contribution in [3.05, 3.63) is 0 Å². The van der Waals surface area contributed by atoms with E-state index in [0.717, 1.165) is 32.8 Å². The maximum atomic E-state index is 9.94. The molecule has 0 aromatic heterocycles. The van der Waals surface area contributed by atoms with Crippen LogP contribution in [0.5, 0.6) is 0 Å². The summed E-state index contributed by atoms with van der Waals surface area (Å²) in [4.78, 5) is 2.28. The molecule has 0 saturated carbocycles. The number of aliphatic hydroxyl groups is 1. The van der Waals surface area contributed by atoms with E-state index in [1.165, 1.54) is 0 Å². The molecule has 0 amide bonds. The highest BCUT2D eigenvalue weighted by Crippen LogP contribution is 2.16. The van der Waals surface area contributed by atoms with E-state index in [9.17, 15) is 5.11 Å². The van der Waals surface area contributed by atoms with Gasteiger partial charge in [-0.05, 0) is 26.3 Å². The van der Waals surface area contributed by atoms with Crippen molar-refractivity contribution < 1.29 is 9.84 Å². The average Bonchev–Trinajstić information content (AvgIpc) is 2.14. The van der Waals surface area contributed by atoms with Crippen molar-refractivity contribution in [2.45, 2.75) is 39.4 Å². The molecule has 1 aliphatic heterocycles. The minimum absolute atomic E-state index is 0.0800. The number of hydrogen-bond donors (Lipinski definition) is 2. The van der Waals surface area contributed by atoms with Crippen LogP contribution in [0.2, 0.25) is 0 Å². The average molecular weight is 244 g/mol. The SMILES string of the molecule is CC(C)CNCC(O)CN1CCOC(C)(C)C1. The van der Waals surface area contributed by atoms with Crippen molar-refractivity contribution in [1.82, 2.24) is 10.2 Å². The maximum Gasteiger partial charge on any atom is 0.0791 e. The quantitative estimate of drug-likeness (QED) is 0.722. The van der Waals surface area contributed by atoms with Crippen molar-refractivity contribution in [3.63, 3.8) is 0 Å². The first-order valence-electron chi connectivity index (χ1n) is 6.64. The van der Waals surface area contributed by atoms with E-state index in [2.05, 4.69) is 37.9 Å². The maximum absolute atomic E-state index is 9.94. The molecule has 1 heterocycles. The van der Waals surface area contributed by atoms with Gasteiger partial charge in [-0.1, -0.05) is 13.8 Å². The number of rotatable bonds is 6. The molecule has 4 nitrogen and oxygen atoms in total. The van der Waals surface area contributed by atoms with Gasteiger partial charge in [-0.3, -0.25) is 4.90 Å². The summed E-state index contributed by atoms with van der Waals surface area (Å²) in [5.41, 5.74) is -0.0800. The second kappa shape index (κ2) is 6.69. The van der Waals surface area contributed by atoms with Crippen LogP contribution in [0.25, 0.3) is 0 Å². The molecular formula is C13H28N2O2. The van der Waals surface area contributed by atoms with E-state index in [0.29, 0.717) is 12.5 Å². The zero-order valence-corrected chi connectivity index (χ0v) is 11.7. The first-order chi connectivity index (χ1) is 7.89. The molecule has 0 aromatic carbocycles. The minimum Gasteiger partial charge on any atom is -0.390 e. The highest BCUT2D eigenvalue weighted by molar-refractivity contribution is 4.80. The van der Waals surface area contributed by atoms with Gasteiger partial charge in [0.15, 0.2) is 0 Å². The van der Waals surface area contributed by atoms with E-state index in [4.69, 9.17) is 4.74 Å². The third kappa shape index (κ3) is 6.36. The molecule has 1 fully saturated rings. The zero-order valence-electron chi connectivity index (χ0n) is 11.7. The van der Waals surface area contributed by atoms with Gasteiger partial charge < -0.3 is 15.2 Å². The fourth-order valence-corrected chi connectivity index (χ4v) is 2.17. The van der Waals surface area contributed by atoms with Crippen LogP contribution in [-0.4, -0.2) is 61.0 Å². The molecule has 1 aliphatic rings. The van der Waals surface area contributed by atoms with Crippen LogP contribution in [0.4, 0.5) is 0 Å². The molecule has 4 heteroatoms. The summed E-state index contributed by atoms with van der Waals surface area (Å²) in [6.07, 6.45) is -0.289. The molecule has 1 saturated heterocycles. The van der Waals surface area contributed by atoms with Crippen LogP contribution < -0.4 is 5.32 Å². The Kier molecular flexibility index (Phi) is 5.86. The van der Waals surface area contributed by atoms with Gasteiger partial charge in [-0.25, -0.2) is 0 Å². The molecule has 1 atom stereocenters. The van der Waals surface area contributed by atoms with Crippen LogP contribution in [-0.2, 0) is 4.74 Å². The topological polar surface area (TPSA) is 44.7 Å². The summed E-state index contributed by atoms with van der Waals surface area (Å²) < 4.78 is 5.65. The van der Waals surface area contributed by atoms with Crippen LogP contribution in [0.1, 0.15) is 27.7 Å². The molecule has 1 rings (SSSR count). The number of ether oxygens (including phenoxy) is 1. The lowest BCUT2D eigenvalue weighted by atomic mass is 10.1. The second-order valence-electron chi connectivity index (χ2n) is 6.05. The molecule has 0 spiro atoms. The Bertz CT molecular complexity index is 219. The minimum atomic E-state index is -0.289. The van der Waals surface area contributed by atoms with Gasteiger partial charge in [0.1, 0.15) is 0 Å². The summed E-state index contributed by atoms with van der Waals surface area (Å²) >= 11 is 0. The predicted octanol–water partition coefficient (Wildman–Crippen LogP) is 0.704. The predicted molar refractivity (Wildman–Crippen MR) is 70.2 cm³/mol. The standard InChI is InChI=1S/C13H28N2O2/c1-11(2)7-14-8-12(16)9-15-5-6-17-13(3,4)10-15/h11-12,14,16H,5-10H2,1-4H3. The Hall–Kier alpha value is -0.160. The summed E-state index contributed by atoms with van der Waals surface area (Å²) in [5, 5.41) is 13.2. The summed E-state index contributed by atoms with van der Waals surface area (Å²) in [7, 11) is 0. The van der Waals surface area contributed by atoms with Crippen molar-refractivity contribution in [2.24, 2.45) is 5.92 Å². The normalized spacial score (nSPS) is 22.9. The molecule has 0 aliphatic carbocycles. The molecule has 102 valence electrons. The smallest absolute Gasteiger partial charge is 0.0791 e. The lowest BCUT2D eigenvalue weighted by molar-refractivity contribution is -0.0928. The molecule has 1 unspecified atom stereocenters. The molecule has 0 bridgehead atoms. The number of hydrogen-bond acceptors (Lipinski definition) is 4. The lowest BCUT2D eigenvalue weighted by Crippen LogP contribution is -2.51. The van der Waals surface area contributed by atoms with Gasteiger partial charge >= 0.3 is 0 Å². The first kappa shape index (κ1) is 14.9. The van der Waals surface area contributed by atoms with Crippen molar-refractivity contribution in [3.8, 4) is 0 Å². The number of β-amino-alcohol motifs (C(OH)–C–C–N with tert-alkyl or cyclic N) is 1. The van der Waals surface area contributed by atoms with Gasteiger partial charge in [0, 0.05) is 26.2 Å². The first-order valence-corrected chi connectivity index (χ1v) is 6.64. The molecule has 2 N–H and O–H groups in total.